The highest BCUT2D eigenvalue weighted by Crippen LogP contribution is 2.31. The molecule has 1 aromatic heterocycles. The molecule has 0 spiro atoms. The van der Waals surface area contributed by atoms with Crippen molar-refractivity contribution in [3.63, 3.8) is 0 Å². The Morgan fingerprint density at radius 3 is 2.83 bits per heavy atom. The SMILES string of the molecule is Cc1sc(Br)cc1S(=O)(=O)N(C)CC1CCCO1. The lowest BCUT2D eigenvalue weighted by atomic mass is 10.2. The minimum absolute atomic E-state index is 0.0344. The molecule has 102 valence electrons. The molecule has 1 saturated heterocycles. The van der Waals surface area contributed by atoms with Crippen LogP contribution >= 0.6 is 27.3 Å². The van der Waals surface area contributed by atoms with E-state index in [1.165, 1.54) is 15.6 Å². The Labute approximate surface area is 120 Å². The zero-order chi connectivity index (χ0) is 13.3. The van der Waals surface area contributed by atoms with Gasteiger partial charge in [-0.2, -0.15) is 4.31 Å². The largest absolute Gasteiger partial charge is 0.377 e. The molecule has 0 amide bonds. The van der Waals surface area contributed by atoms with E-state index in [4.69, 9.17) is 4.74 Å². The Kier molecular flexibility index (Phi) is 4.48. The van der Waals surface area contributed by atoms with Gasteiger partial charge in [-0.3, -0.25) is 0 Å². The maximum atomic E-state index is 12.4. The number of thiophene rings is 1. The smallest absolute Gasteiger partial charge is 0.244 e. The standard InChI is InChI=1S/C11H16BrNO3S2/c1-8-10(6-11(12)17-8)18(14,15)13(2)7-9-4-3-5-16-9/h6,9H,3-5,7H2,1-2H3. The van der Waals surface area contributed by atoms with Crippen molar-refractivity contribution in [3.8, 4) is 0 Å². The molecule has 1 fully saturated rings. The third-order valence-electron chi connectivity index (χ3n) is 3.02. The van der Waals surface area contributed by atoms with Crippen molar-refractivity contribution in [2.24, 2.45) is 0 Å². The van der Waals surface area contributed by atoms with Gasteiger partial charge in [0.1, 0.15) is 0 Å². The van der Waals surface area contributed by atoms with Gasteiger partial charge in [0.05, 0.1) is 14.8 Å². The molecule has 0 saturated carbocycles. The minimum Gasteiger partial charge on any atom is -0.377 e. The second-order valence-corrected chi connectivity index (χ2v) is 9.04. The Bertz CT molecular complexity index is 520. The number of halogens is 1. The highest BCUT2D eigenvalue weighted by atomic mass is 79.9. The molecule has 0 aliphatic carbocycles. The molecular weight excluding hydrogens is 338 g/mol. The lowest BCUT2D eigenvalue weighted by Gasteiger charge is -2.20. The van der Waals surface area contributed by atoms with E-state index < -0.39 is 10.0 Å². The molecule has 1 aromatic rings. The number of nitrogens with zero attached hydrogens (tertiary/aromatic N) is 1. The van der Waals surface area contributed by atoms with E-state index in [0.717, 1.165) is 28.1 Å². The first-order valence-electron chi connectivity index (χ1n) is 5.75. The maximum absolute atomic E-state index is 12.4. The summed E-state index contributed by atoms with van der Waals surface area (Å²) in [6.45, 7) is 2.99. The molecular formula is C11H16BrNO3S2. The Morgan fingerprint density at radius 1 is 1.61 bits per heavy atom. The average molecular weight is 354 g/mol. The number of ether oxygens (including phenoxy) is 1. The van der Waals surface area contributed by atoms with Crippen LogP contribution in [0.3, 0.4) is 0 Å². The Morgan fingerprint density at radius 2 is 2.33 bits per heavy atom. The zero-order valence-electron chi connectivity index (χ0n) is 10.3. The first-order valence-corrected chi connectivity index (χ1v) is 8.80. The van der Waals surface area contributed by atoms with Gasteiger partial charge in [-0.25, -0.2) is 8.42 Å². The molecule has 0 N–H and O–H groups in total. The van der Waals surface area contributed by atoms with Crippen LogP contribution in [0.2, 0.25) is 0 Å². The molecule has 7 heteroatoms. The Hall–Kier alpha value is 0.0500. The van der Waals surface area contributed by atoms with E-state index >= 15 is 0 Å². The predicted molar refractivity (Wildman–Crippen MR) is 75.5 cm³/mol. The molecule has 0 radical (unpaired) electrons. The van der Waals surface area contributed by atoms with Gasteiger partial charge < -0.3 is 4.74 Å². The molecule has 1 atom stereocenters. The van der Waals surface area contributed by atoms with Gasteiger partial charge in [0.25, 0.3) is 0 Å². The summed E-state index contributed by atoms with van der Waals surface area (Å²) in [5, 5.41) is 0. The first-order chi connectivity index (χ1) is 8.41. The first kappa shape index (κ1) is 14.5. The van der Waals surface area contributed by atoms with Crippen molar-refractivity contribution in [1.82, 2.24) is 4.31 Å². The quantitative estimate of drug-likeness (QED) is 0.835. The number of aryl methyl sites for hydroxylation is 1. The molecule has 2 rings (SSSR count). The maximum Gasteiger partial charge on any atom is 0.244 e. The van der Waals surface area contributed by atoms with E-state index in [-0.39, 0.29) is 6.10 Å². The van der Waals surface area contributed by atoms with Gasteiger partial charge in [-0.1, -0.05) is 0 Å². The molecule has 0 aromatic carbocycles. The number of rotatable bonds is 4. The Balaban J connectivity index is 2.17. The van der Waals surface area contributed by atoms with Gasteiger partial charge in [0.2, 0.25) is 10.0 Å². The van der Waals surface area contributed by atoms with Crippen molar-refractivity contribution in [2.75, 3.05) is 20.2 Å². The zero-order valence-corrected chi connectivity index (χ0v) is 13.6. The monoisotopic (exact) mass is 353 g/mol. The van der Waals surface area contributed by atoms with Gasteiger partial charge in [-0.15, -0.1) is 11.3 Å². The van der Waals surface area contributed by atoms with E-state index in [0.29, 0.717) is 11.4 Å². The van der Waals surface area contributed by atoms with Gasteiger partial charge in [0.15, 0.2) is 0 Å². The van der Waals surface area contributed by atoms with Crippen LogP contribution in [0.25, 0.3) is 0 Å². The fourth-order valence-electron chi connectivity index (χ4n) is 2.03. The predicted octanol–water partition coefficient (Wildman–Crippen LogP) is 2.62. The summed E-state index contributed by atoms with van der Waals surface area (Å²) in [7, 11) is -1.79. The van der Waals surface area contributed by atoms with Crippen LogP contribution in [0, 0.1) is 6.92 Å². The number of hydrogen-bond acceptors (Lipinski definition) is 4. The summed E-state index contributed by atoms with van der Waals surface area (Å²) in [6, 6.07) is 1.67. The number of hydrogen-bond donors (Lipinski definition) is 0. The summed E-state index contributed by atoms with van der Waals surface area (Å²) < 4.78 is 32.5. The van der Waals surface area contributed by atoms with Crippen LogP contribution in [0.4, 0.5) is 0 Å². The molecule has 2 heterocycles. The van der Waals surface area contributed by atoms with Gasteiger partial charge >= 0.3 is 0 Å². The topological polar surface area (TPSA) is 46.6 Å². The lowest BCUT2D eigenvalue weighted by Crippen LogP contribution is -2.34. The molecule has 4 nitrogen and oxygen atoms in total. The third kappa shape index (κ3) is 2.96. The fraction of sp³-hybridized carbons (Fsp3) is 0.636. The van der Waals surface area contributed by atoms with Crippen LogP contribution in [-0.4, -0.2) is 39.0 Å². The molecule has 1 unspecified atom stereocenters. The van der Waals surface area contributed by atoms with Gasteiger partial charge in [0, 0.05) is 25.1 Å². The normalized spacial score (nSPS) is 20.8. The van der Waals surface area contributed by atoms with Crippen LogP contribution in [0.15, 0.2) is 14.7 Å². The summed E-state index contributed by atoms with van der Waals surface area (Å²) in [5.74, 6) is 0. The molecule has 0 bridgehead atoms. The summed E-state index contributed by atoms with van der Waals surface area (Å²) in [4.78, 5) is 1.20. The molecule has 1 aliphatic heterocycles. The van der Waals surface area contributed by atoms with Crippen LogP contribution in [-0.2, 0) is 14.8 Å². The van der Waals surface area contributed by atoms with E-state index in [1.807, 2.05) is 6.92 Å². The third-order valence-corrected chi connectivity index (χ3v) is 6.65. The summed E-state index contributed by atoms with van der Waals surface area (Å²) in [6.07, 6.45) is 1.99. The van der Waals surface area contributed by atoms with E-state index in [2.05, 4.69) is 15.9 Å². The van der Waals surface area contributed by atoms with Crippen molar-refractivity contribution in [2.45, 2.75) is 30.8 Å². The highest BCUT2D eigenvalue weighted by Gasteiger charge is 2.28. The van der Waals surface area contributed by atoms with Crippen LogP contribution < -0.4 is 0 Å². The van der Waals surface area contributed by atoms with E-state index in [1.54, 1.807) is 13.1 Å². The number of likely N-dealkylation sites (N-methyl/N-ethyl adjacent to an activating group) is 1. The van der Waals surface area contributed by atoms with E-state index in [9.17, 15) is 8.42 Å². The van der Waals surface area contributed by atoms with Gasteiger partial charge in [-0.05, 0) is 41.8 Å². The van der Waals surface area contributed by atoms with Crippen molar-refractivity contribution in [3.05, 3.63) is 14.7 Å². The van der Waals surface area contributed by atoms with Crippen LogP contribution in [0.1, 0.15) is 17.7 Å². The fourth-order valence-corrected chi connectivity index (χ4v) is 5.61. The lowest BCUT2D eigenvalue weighted by molar-refractivity contribution is 0.0979. The highest BCUT2D eigenvalue weighted by molar-refractivity contribution is 9.11. The second-order valence-electron chi connectivity index (χ2n) is 4.39. The molecule has 18 heavy (non-hydrogen) atoms. The minimum atomic E-state index is -3.40. The summed E-state index contributed by atoms with van der Waals surface area (Å²) in [5.41, 5.74) is 0. The van der Waals surface area contributed by atoms with Crippen molar-refractivity contribution in [1.29, 1.82) is 0 Å². The van der Waals surface area contributed by atoms with Crippen molar-refractivity contribution >= 4 is 37.3 Å². The second kappa shape index (κ2) is 5.58. The summed E-state index contributed by atoms with van der Waals surface area (Å²) >= 11 is 4.76. The average Bonchev–Trinajstić information content (AvgIpc) is 2.88. The van der Waals surface area contributed by atoms with Crippen molar-refractivity contribution < 1.29 is 13.2 Å². The number of sulfonamides is 1. The van der Waals surface area contributed by atoms with Crippen LogP contribution in [0.5, 0.6) is 0 Å². The molecule has 1 aliphatic rings.